The highest BCUT2D eigenvalue weighted by Gasteiger charge is 2.57. The van der Waals surface area contributed by atoms with Crippen molar-refractivity contribution in [1.82, 2.24) is 0 Å². The van der Waals surface area contributed by atoms with E-state index in [9.17, 15) is 33.6 Å². The van der Waals surface area contributed by atoms with Crippen molar-refractivity contribution in [3.63, 3.8) is 0 Å². The lowest BCUT2D eigenvalue weighted by Gasteiger charge is -2.48. The van der Waals surface area contributed by atoms with Crippen molar-refractivity contribution in [3.05, 3.63) is 0 Å². The van der Waals surface area contributed by atoms with Gasteiger partial charge in [-0.2, -0.15) is 23.5 Å². The molecule has 0 aromatic rings. The number of ether oxygens (including phenoxy) is 11. The second-order valence-corrected chi connectivity index (χ2v) is 18.8. The third-order valence-electron chi connectivity index (χ3n) is 10.4. The molecule has 0 radical (unpaired) electrons. The van der Waals surface area contributed by atoms with Crippen LogP contribution in [0.25, 0.3) is 0 Å². The molecule has 2 heterocycles. The lowest BCUT2D eigenvalue weighted by Crippen LogP contribution is -2.67. The monoisotopic (exact) mass is 980 g/mol. The zero-order valence-electron chi connectivity index (χ0n) is 40.5. The van der Waals surface area contributed by atoms with Gasteiger partial charge in [0, 0.05) is 54.4 Å². The molecule has 0 aromatic heterocycles. The van der Waals surface area contributed by atoms with E-state index in [0.29, 0.717) is 0 Å². The van der Waals surface area contributed by atoms with Crippen LogP contribution in [0.3, 0.4) is 0 Å². The molecule has 0 N–H and O–H groups in total. The molecule has 18 nitrogen and oxygen atoms in total. The number of unbranched alkanes of at least 4 members (excludes halogenated alkanes) is 10. The average molecular weight is 981 g/mol. The van der Waals surface area contributed by atoms with E-state index in [2.05, 4.69) is 13.8 Å². The molecule has 0 aromatic carbocycles. The summed E-state index contributed by atoms with van der Waals surface area (Å²) >= 11 is 3.71. The van der Waals surface area contributed by atoms with Crippen molar-refractivity contribution in [2.45, 2.75) is 201 Å². The molecular weight excluding hydrogens is 905 g/mol. The fourth-order valence-electron chi connectivity index (χ4n) is 7.45. The number of rotatable bonds is 32. The van der Waals surface area contributed by atoms with Crippen LogP contribution in [0.1, 0.15) is 139 Å². The molecule has 0 bridgehead atoms. The first kappa shape index (κ1) is 59.0. The molecule has 0 unspecified atom stereocenters. The number of esters is 7. The van der Waals surface area contributed by atoms with Gasteiger partial charge in [-0.1, -0.05) is 78.1 Å². The van der Waals surface area contributed by atoms with Crippen molar-refractivity contribution in [2.24, 2.45) is 5.92 Å². The van der Waals surface area contributed by atoms with Gasteiger partial charge in [-0.15, -0.1) is 0 Å². The first-order valence-corrected chi connectivity index (χ1v) is 25.6. The fraction of sp³-hybridized carbons (Fsp3) is 0.848. The number of hydrogen-bond donors (Lipinski definition) is 0. The number of hydrogen-bond acceptors (Lipinski definition) is 20. The maximum Gasteiger partial charge on any atom is 0.303 e. The lowest BCUT2D eigenvalue weighted by molar-refractivity contribution is -0.361. The molecule has 0 saturated carbocycles. The molecule has 0 spiro atoms. The van der Waals surface area contributed by atoms with Gasteiger partial charge in [0.05, 0.1) is 6.61 Å². The molecule has 2 fully saturated rings. The van der Waals surface area contributed by atoms with E-state index in [1.54, 1.807) is 0 Å². The highest BCUT2D eigenvalue weighted by atomic mass is 32.2. The van der Waals surface area contributed by atoms with Crippen LogP contribution < -0.4 is 0 Å². The van der Waals surface area contributed by atoms with Gasteiger partial charge in [0.25, 0.3) is 0 Å². The second-order valence-electron chi connectivity index (χ2n) is 16.5. The number of carbonyl (C=O) groups is 7. The van der Waals surface area contributed by atoms with Crippen molar-refractivity contribution in [2.75, 3.05) is 42.8 Å². The first-order valence-electron chi connectivity index (χ1n) is 23.3. The van der Waals surface area contributed by atoms with Gasteiger partial charge >= 0.3 is 41.8 Å². The Morgan fingerprint density at radius 2 is 0.803 bits per heavy atom. The van der Waals surface area contributed by atoms with E-state index in [4.69, 9.17) is 52.1 Å². The molecule has 2 aliphatic rings. The molecular formula is C46H76O18S2. The standard InChI is InChI=1S/C46H76O18S2/c1-10-12-14-16-18-20-22-65-27-36(28-66-23-21-19-17-15-13-11-2)24-56-45-43(60-34(8)52)42(59-33(7)51)40(38(62-45)26-55-30(4)48)64-46-44(61-35(9)53)41(58-32(6)50)39(57-31(5)49)37(63-46)25-54-29(3)47/h36-46H,10-28H2,1-9H3/t37-,38-,39+,40-,41+,42+,43-,44-,45-,46+/m1/s1. The van der Waals surface area contributed by atoms with E-state index in [-0.39, 0.29) is 12.5 Å². The summed E-state index contributed by atoms with van der Waals surface area (Å²) in [6.45, 7) is 11.3. The summed E-state index contributed by atoms with van der Waals surface area (Å²) in [6.07, 6.45) is -0.894. The molecule has 380 valence electrons. The van der Waals surface area contributed by atoms with Crippen LogP contribution in [0, 0.1) is 5.92 Å². The zero-order valence-corrected chi connectivity index (χ0v) is 42.1. The Hall–Kier alpha value is -3.17. The highest BCUT2D eigenvalue weighted by Crippen LogP contribution is 2.36. The van der Waals surface area contributed by atoms with Crippen LogP contribution in [0.4, 0.5) is 0 Å². The lowest BCUT2D eigenvalue weighted by atomic mass is 9.96. The quantitative estimate of drug-likeness (QED) is 0.0403. The van der Waals surface area contributed by atoms with Crippen molar-refractivity contribution < 1.29 is 85.7 Å². The van der Waals surface area contributed by atoms with E-state index < -0.39 is 116 Å². The minimum Gasteiger partial charge on any atom is -0.463 e. The Bertz CT molecular complexity index is 1460. The largest absolute Gasteiger partial charge is 0.463 e. The van der Waals surface area contributed by atoms with Crippen LogP contribution in [0.5, 0.6) is 0 Å². The third kappa shape index (κ3) is 23.7. The minimum absolute atomic E-state index is 0.0486. The molecule has 2 saturated heterocycles. The Morgan fingerprint density at radius 1 is 0.439 bits per heavy atom. The molecule has 2 aliphatic heterocycles. The SMILES string of the molecule is CCCCCCCCSCC(CO[C@@H]1O[C@H](COC(C)=O)[C@@H](O[C@@H]2O[C@H](COC(C)=O)[C@H](OC(C)=O)[C@H](OC(C)=O)[C@H]2OC(C)=O)[C@H](OC(C)=O)[C@H]1OC(C)=O)CSCCCCCCCC. The van der Waals surface area contributed by atoms with Crippen LogP contribution in [-0.2, 0) is 85.7 Å². The normalized spacial score (nSPS) is 25.1. The predicted molar refractivity (Wildman–Crippen MR) is 244 cm³/mol. The van der Waals surface area contributed by atoms with Crippen LogP contribution in [0.2, 0.25) is 0 Å². The van der Waals surface area contributed by atoms with Gasteiger partial charge in [0.15, 0.2) is 43.1 Å². The first-order chi connectivity index (χ1) is 31.5. The van der Waals surface area contributed by atoms with Gasteiger partial charge in [0.1, 0.15) is 31.5 Å². The smallest absolute Gasteiger partial charge is 0.303 e. The van der Waals surface area contributed by atoms with Crippen molar-refractivity contribution in [3.8, 4) is 0 Å². The van der Waals surface area contributed by atoms with Crippen molar-refractivity contribution >= 4 is 65.3 Å². The topological polar surface area (TPSA) is 221 Å². The van der Waals surface area contributed by atoms with Gasteiger partial charge in [-0.25, -0.2) is 0 Å². The Labute approximate surface area is 399 Å². The van der Waals surface area contributed by atoms with Gasteiger partial charge < -0.3 is 52.1 Å². The van der Waals surface area contributed by atoms with Gasteiger partial charge in [-0.05, 0) is 35.9 Å². The maximum absolute atomic E-state index is 12.9. The van der Waals surface area contributed by atoms with Crippen molar-refractivity contribution in [1.29, 1.82) is 0 Å². The molecule has 0 aliphatic carbocycles. The summed E-state index contributed by atoms with van der Waals surface area (Å²) in [5, 5.41) is 0. The summed E-state index contributed by atoms with van der Waals surface area (Å²) in [5.74, 6) is -2.00. The predicted octanol–water partition coefficient (Wildman–Crippen LogP) is 6.43. The molecule has 2 rings (SSSR count). The van der Waals surface area contributed by atoms with E-state index in [0.717, 1.165) is 77.4 Å². The molecule has 10 atom stereocenters. The van der Waals surface area contributed by atoms with Gasteiger partial charge in [0.2, 0.25) is 0 Å². The number of carbonyl (C=O) groups excluding carboxylic acids is 7. The van der Waals surface area contributed by atoms with Crippen LogP contribution >= 0.6 is 23.5 Å². The fourth-order valence-corrected chi connectivity index (χ4v) is 9.84. The highest BCUT2D eigenvalue weighted by molar-refractivity contribution is 8.00. The zero-order chi connectivity index (χ0) is 49.0. The molecule has 66 heavy (non-hydrogen) atoms. The summed E-state index contributed by atoms with van der Waals surface area (Å²) in [7, 11) is 0. The molecule has 0 amide bonds. The Balaban J connectivity index is 2.55. The second kappa shape index (κ2) is 33.3. The summed E-state index contributed by atoms with van der Waals surface area (Å²) in [6, 6.07) is 0. The summed E-state index contributed by atoms with van der Waals surface area (Å²) in [5.41, 5.74) is 0. The summed E-state index contributed by atoms with van der Waals surface area (Å²) in [4.78, 5) is 87.4. The van der Waals surface area contributed by atoms with Gasteiger partial charge in [-0.3, -0.25) is 33.6 Å². The third-order valence-corrected chi connectivity index (χ3v) is 12.9. The molecule has 20 heteroatoms. The summed E-state index contributed by atoms with van der Waals surface area (Å²) < 4.78 is 64.5. The van der Waals surface area contributed by atoms with Crippen LogP contribution in [-0.4, -0.2) is 146 Å². The van der Waals surface area contributed by atoms with E-state index >= 15 is 0 Å². The maximum atomic E-state index is 12.9. The Kier molecular flexibility index (Phi) is 29.8. The van der Waals surface area contributed by atoms with E-state index in [1.165, 1.54) is 71.1 Å². The van der Waals surface area contributed by atoms with Crippen LogP contribution in [0.15, 0.2) is 0 Å². The minimum atomic E-state index is -1.77. The Morgan fingerprint density at radius 3 is 1.24 bits per heavy atom. The number of thioether (sulfide) groups is 2. The van der Waals surface area contributed by atoms with E-state index in [1.807, 2.05) is 23.5 Å². The average Bonchev–Trinajstić information content (AvgIpc) is 3.23.